The van der Waals surface area contributed by atoms with E-state index in [0.29, 0.717) is 10.7 Å². The monoisotopic (exact) mass is 271 g/mol. The number of halogens is 1. The first-order valence-electron chi connectivity index (χ1n) is 5.75. The van der Waals surface area contributed by atoms with E-state index in [1.165, 1.54) is 0 Å². The number of fused-ring (bicyclic) bond motifs is 1. The molecule has 0 aliphatic rings. The maximum atomic E-state index is 12.1. The number of para-hydroxylation sites is 3. The molecule has 1 heterocycles. The van der Waals surface area contributed by atoms with Crippen LogP contribution >= 0.6 is 11.6 Å². The second kappa shape index (κ2) is 4.74. The fourth-order valence-electron chi connectivity index (χ4n) is 1.80. The number of nitrogens with one attached hydrogen (secondary N) is 2. The Morgan fingerprint density at radius 1 is 1.11 bits per heavy atom. The Kier molecular flexibility index (Phi) is 2.93. The number of H-pyrrole nitrogens is 1. The van der Waals surface area contributed by atoms with Gasteiger partial charge in [-0.3, -0.25) is 4.79 Å². The molecule has 1 amide bonds. The van der Waals surface area contributed by atoms with Crippen LogP contribution in [0.25, 0.3) is 11.0 Å². The summed E-state index contributed by atoms with van der Waals surface area (Å²) in [5, 5.41) is 3.22. The number of amides is 1. The molecular formula is C14H10ClN3O. The Morgan fingerprint density at radius 3 is 2.63 bits per heavy atom. The predicted octanol–water partition coefficient (Wildman–Crippen LogP) is 3.47. The van der Waals surface area contributed by atoms with Crippen LogP contribution in [0.1, 0.15) is 10.6 Å². The molecule has 2 aromatic carbocycles. The highest BCUT2D eigenvalue weighted by atomic mass is 35.5. The lowest BCUT2D eigenvalue weighted by Gasteiger charge is -2.04. The van der Waals surface area contributed by atoms with E-state index >= 15 is 0 Å². The molecule has 0 aliphatic heterocycles. The Hall–Kier alpha value is -2.33. The molecule has 19 heavy (non-hydrogen) atoms. The molecule has 5 heteroatoms. The van der Waals surface area contributed by atoms with Crippen LogP contribution in [0, 0.1) is 0 Å². The van der Waals surface area contributed by atoms with Gasteiger partial charge < -0.3 is 10.3 Å². The van der Waals surface area contributed by atoms with Crippen molar-refractivity contribution in [3.05, 3.63) is 59.4 Å². The molecule has 0 radical (unpaired) electrons. The number of hydrogen-bond donors (Lipinski definition) is 2. The number of carbonyl (C=O) groups is 1. The molecule has 94 valence electrons. The number of benzene rings is 2. The van der Waals surface area contributed by atoms with Gasteiger partial charge in [-0.25, -0.2) is 4.98 Å². The summed E-state index contributed by atoms with van der Waals surface area (Å²) in [5.74, 6) is -0.0505. The smallest absolute Gasteiger partial charge is 0.291 e. The first kappa shape index (κ1) is 11.7. The molecule has 4 nitrogen and oxygen atoms in total. The van der Waals surface area contributed by atoms with Crippen LogP contribution in [0.3, 0.4) is 0 Å². The zero-order chi connectivity index (χ0) is 13.2. The van der Waals surface area contributed by atoms with Gasteiger partial charge in [0.2, 0.25) is 0 Å². The molecule has 0 saturated carbocycles. The van der Waals surface area contributed by atoms with Crippen LogP contribution < -0.4 is 5.32 Å². The quantitative estimate of drug-likeness (QED) is 0.750. The van der Waals surface area contributed by atoms with E-state index < -0.39 is 0 Å². The van der Waals surface area contributed by atoms with Crippen molar-refractivity contribution in [3.63, 3.8) is 0 Å². The summed E-state index contributed by atoms with van der Waals surface area (Å²) in [6.07, 6.45) is 0. The number of aromatic amines is 1. The van der Waals surface area contributed by atoms with Gasteiger partial charge >= 0.3 is 0 Å². The van der Waals surface area contributed by atoms with Gasteiger partial charge in [0, 0.05) is 0 Å². The van der Waals surface area contributed by atoms with Gasteiger partial charge in [0.25, 0.3) is 5.91 Å². The lowest BCUT2D eigenvalue weighted by molar-refractivity contribution is 0.101. The molecule has 0 fully saturated rings. The van der Waals surface area contributed by atoms with Crippen molar-refractivity contribution >= 4 is 34.2 Å². The summed E-state index contributed by atoms with van der Waals surface area (Å²) in [7, 11) is 0. The van der Waals surface area contributed by atoms with Crippen molar-refractivity contribution in [2.75, 3.05) is 5.32 Å². The van der Waals surface area contributed by atoms with Gasteiger partial charge in [0.1, 0.15) is 0 Å². The van der Waals surface area contributed by atoms with E-state index in [1.807, 2.05) is 24.3 Å². The molecule has 1 aromatic heterocycles. The third-order valence-corrected chi connectivity index (χ3v) is 3.06. The average molecular weight is 272 g/mol. The average Bonchev–Trinajstić information content (AvgIpc) is 2.85. The SMILES string of the molecule is O=C(Nc1ccccc1Cl)c1nc2ccccc2[nH]1. The van der Waals surface area contributed by atoms with Gasteiger partial charge in [-0.15, -0.1) is 0 Å². The molecule has 0 unspecified atom stereocenters. The number of nitrogens with zero attached hydrogens (tertiary/aromatic N) is 1. The Labute approximate surface area is 114 Å². The summed E-state index contributed by atoms with van der Waals surface area (Å²) in [5.41, 5.74) is 2.15. The predicted molar refractivity (Wildman–Crippen MR) is 75.5 cm³/mol. The second-order valence-electron chi connectivity index (χ2n) is 4.04. The normalized spacial score (nSPS) is 10.6. The lowest BCUT2D eigenvalue weighted by atomic mass is 10.3. The molecule has 0 bridgehead atoms. The van der Waals surface area contributed by atoms with Gasteiger partial charge in [-0.05, 0) is 24.3 Å². The van der Waals surface area contributed by atoms with Crippen LogP contribution in [0.4, 0.5) is 5.69 Å². The second-order valence-corrected chi connectivity index (χ2v) is 4.44. The zero-order valence-electron chi connectivity index (χ0n) is 9.85. The van der Waals surface area contributed by atoms with Crippen molar-refractivity contribution in [1.29, 1.82) is 0 Å². The fourth-order valence-corrected chi connectivity index (χ4v) is 1.99. The number of anilines is 1. The number of imidazole rings is 1. The van der Waals surface area contributed by atoms with E-state index in [2.05, 4.69) is 15.3 Å². The highest BCUT2D eigenvalue weighted by molar-refractivity contribution is 6.33. The summed E-state index contributed by atoms with van der Waals surface area (Å²) >= 11 is 5.99. The summed E-state index contributed by atoms with van der Waals surface area (Å²) in [6, 6.07) is 14.5. The van der Waals surface area contributed by atoms with E-state index in [9.17, 15) is 4.79 Å². The Balaban J connectivity index is 1.90. The third kappa shape index (κ3) is 2.30. The van der Waals surface area contributed by atoms with Crippen LogP contribution in [-0.2, 0) is 0 Å². The maximum Gasteiger partial charge on any atom is 0.291 e. The number of hydrogen-bond acceptors (Lipinski definition) is 2. The third-order valence-electron chi connectivity index (χ3n) is 2.73. The molecular weight excluding hydrogens is 262 g/mol. The van der Waals surface area contributed by atoms with E-state index in [4.69, 9.17) is 11.6 Å². The highest BCUT2D eigenvalue weighted by Crippen LogP contribution is 2.21. The van der Waals surface area contributed by atoms with E-state index in [-0.39, 0.29) is 11.7 Å². The molecule has 3 aromatic rings. The largest absolute Gasteiger partial charge is 0.334 e. The minimum Gasteiger partial charge on any atom is -0.334 e. The maximum absolute atomic E-state index is 12.1. The van der Waals surface area contributed by atoms with Crippen molar-refractivity contribution in [3.8, 4) is 0 Å². The molecule has 0 aliphatic carbocycles. The van der Waals surface area contributed by atoms with Crippen molar-refractivity contribution in [2.24, 2.45) is 0 Å². The molecule has 0 atom stereocenters. The Bertz CT molecular complexity index is 718. The minimum absolute atomic E-state index is 0.265. The van der Waals surface area contributed by atoms with Gasteiger partial charge in [-0.2, -0.15) is 0 Å². The topological polar surface area (TPSA) is 57.8 Å². The summed E-state index contributed by atoms with van der Waals surface area (Å²) in [4.78, 5) is 19.3. The highest BCUT2D eigenvalue weighted by Gasteiger charge is 2.12. The first-order valence-corrected chi connectivity index (χ1v) is 6.12. The molecule has 0 spiro atoms. The van der Waals surface area contributed by atoms with Gasteiger partial charge in [-0.1, -0.05) is 35.9 Å². The van der Waals surface area contributed by atoms with E-state index in [1.54, 1.807) is 24.3 Å². The lowest BCUT2D eigenvalue weighted by Crippen LogP contribution is -2.13. The first-order chi connectivity index (χ1) is 9.24. The van der Waals surface area contributed by atoms with Crippen LogP contribution in [0.2, 0.25) is 5.02 Å². The van der Waals surface area contributed by atoms with Gasteiger partial charge in [0.05, 0.1) is 21.7 Å². The van der Waals surface area contributed by atoms with Crippen molar-refractivity contribution in [1.82, 2.24) is 9.97 Å². The number of rotatable bonds is 2. The van der Waals surface area contributed by atoms with Crippen molar-refractivity contribution < 1.29 is 4.79 Å². The fraction of sp³-hybridized carbons (Fsp3) is 0. The molecule has 0 saturated heterocycles. The Morgan fingerprint density at radius 2 is 1.84 bits per heavy atom. The number of aromatic nitrogens is 2. The standard InChI is InChI=1S/C14H10ClN3O/c15-9-5-1-2-6-10(9)18-14(19)13-16-11-7-3-4-8-12(11)17-13/h1-8H,(H,16,17)(H,18,19). The van der Waals surface area contributed by atoms with Crippen LogP contribution in [0.5, 0.6) is 0 Å². The van der Waals surface area contributed by atoms with Crippen molar-refractivity contribution in [2.45, 2.75) is 0 Å². The van der Waals surface area contributed by atoms with Crippen LogP contribution in [0.15, 0.2) is 48.5 Å². The minimum atomic E-state index is -0.315. The summed E-state index contributed by atoms with van der Waals surface area (Å²) < 4.78 is 0. The number of carbonyl (C=O) groups excluding carboxylic acids is 1. The molecule has 2 N–H and O–H groups in total. The zero-order valence-corrected chi connectivity index (χ0v) is 10.6. The van der Waals surface area contributed by atoms with E-state index in [0.717, 1.165) is 11.0 Å². The van der Waals surface area contributed by atoms with Crippen LogP contribution in [-0.4, -0.2) is 15.9 Å². The molecule has 3 rings (SSSR count). The van der Waals surface area contributed by atoms with Gasteiger partial charge in [0.15, 0.2) is 5.82 Å². The summed E-state index contributed by atoms with van der Waals surface area (Å²) in [6.45, 7) is 0.